The topological polar surface area (TPSA) is 55.4 Å². The van der Waals surface area contributed by atoms with Crippen molar-refractivity contribution in [3.8, 4) is 0 Å². The number of methoxy groups -OCH3 is 1. The first-order valence-corrected chi connectivity index (χ1v) is 9.38. The molecule has 5 heteroatoms. The molecule has 0 aromatic carbocycles. The van der Waals surface area contributed by atoms with Gasteiger partial charge in [-0.25, -0.2) is 4.79 Å². The quantitative estimate of drug-likeness (QED) is 0.765. The molecule has 0 unspecified atom stereocenters. The summed E-state index contributed by atoms with van der Waals surface area (Å²) in [5.41, 5.74) is 1.51. The van der Waals surface area contributed by atoms with E-state index in [9.17, 15) is 9.59 Å². The smallest absolute Gasteiger partial charge is 0.341 e. The van der Waals surface area contributed by atoms with E-state index in [1.165, 1.54) is 50.6 Å². The van der Waals surface area contributed by atoms with E-state index in [-0.39, 0.29) is 11.9 Å². The maximum absolute atomic E-state index is 12.3. The fourth-order valence-electron chi connectivity index (χ4n) is 3.41. The number of rotatable bonds is 6. The lowest BCUT2D eigenvalue weighted by atomic mass is 9.86. The Hall–Kier alpha value is -1.36. The van der Waals surface area contributed by atoms with E-state index in [0.29, 0.717) is 22.9 Å². The lowest BCUT2D eigenvalue weighted by Crippen LogP contribution is -2.16. The molecule has 1 aliphatic carbocycles. The molecule has 23 heavy (non-hydrogen) atoms. The lowest BCUT2D eigenvalue weighted by Gasteiger charge is -2.20. The Kier molecular flexibility index (Phi) is 6.63. The zero-order chi connectivity index (χ0) is 16.8. The maximum Gasteiger partial charge on any atom is 0.341 e. The minimum Gasteiger partial charge on any atom is -0.465 e. The van der Waals surface area contributed by atoms with Crippen molar-refractivity contribution >= 4 is 28.2 Å². The van der Waals surface area contributed by atoms with Crippen molar-refractivity contribution in [3.05, 3.63) is 16.0 Å². The van der Waals surface area contributed by atoms with Crippen molar-refractivity contribution in [2.45, 2.75) is 65.2 Å². The van der Waals surface area contributed by atoms with Crippen LogP contribution in [0.15, 0.2) is 0 Å². The van der Waals surface area contributed by atoms with Crippen LogP contribution in [-0.2, 0) is 16.0 Å². The van der Waals surface area contributed by atoms with Gasteiger partial charge in [0.1, 0.15) is 5.00 Å². The second kappa shape index (κ2) is 8.48. The van der Waals surface area contributed by atoms with Crippen LogP contribution >= 0.6 is 11.3 Å². The summed E-state index contributed by atoms with van der Waals surface area (Å²) < 4.78 is 4.89. The van der Waals surface area contributed by atoms with E-state index in [4.69, 9.17) is 4.74 Å². The fraction of sp³-hybridized carbons (Fsp3) is 0.667. The van der Waals surface area contributed by atoms with E-state index in [2.05, 4.69) is 5.32 Å². The molecule has 1 aromatic rings. The van der Waals surface area contributed by atoms with Crippen molar-refractivity contribution in [3.63, 3.8) is 0 Å². The second-order valence-electron chi connectivity index (χ2n) is 6.28. The Morgan fingerprint density at radius 1 is 1.26 bits per heavy atom. The van der Waals surface area contributed by atoms with E-state index in [0.717, 1.165) is 23.3 Å². The number of carbonyl (C=O) groups excluding carboxylic acids is 2. The highest BCUT2D eigenvalue weighted by Gasteiger charge is 2.23. The molecular weight excluding hydrogens is 310 g/mol. The molecular formula is C18H27NO3S. The maximum atomic E-state index is 12.3. The number of hydrogen-bond acceptors (Lipinski definition) is 4. The van der Waals surface area contributed by atoms with Crippen molar-refractivity contribution in [2.24, 2.45) is 5.92 Å². The Labute approximate surface area is 142 Å². The van der Waals surface area contributed by atoms with Gasteiger partial charge in [-0.1, -0.05) is 39.0 Å². The molecule has 4 nitrogen and oxygen atoms in total. The first kappa shape index (κ1) is 18.0. The van der Waals surface area contributed by atoms with Gasteiger partial charge in [-0.3, -0.25) is 4.79 Å². The molecule has 1 amide bonds. The number of ether oxygens (including phenoxy) is 1. The zero-order valence-electron chi connectivity index (χ0n) is 14.4. The summed E-state index contributed by atoms with van der Waals surface area (Å²) in [4.78, 5) is 25.4. The third-order valence-electron chi connectivity index (χ3n) is 4.71. The Bertz CT molecular complexity index is 559. The van der Waals surface area contributed by atoms with Gasteiger partial charge in [-0.2, -0.15) is 0 Å². The van der Waals surface area contributed by atoms with Gasteiger partial charge in [-0.15, -0.1) is 11.3 Å². The highest BCUT2D eigenvalue weighted by Crippen LogP contribution is 2.34. The van der Waals surface area contributed by atoms with E-state index in [1.54, 1.807) is 0 Å². The third kappa shape index (κ3) is 4.56. The number of anilines is 1. The standard InChI is InChI=1S/C18H27NO3S/c1-4-14-12(2)23-17(16(14)18(21)22-3)19-15(20)11-10-13-8-6-5-7-9-13/h13H,4-11H2,1-3H3,(H,19,20). The SMILES string of the molecule is CCc1c(C)sc(NC(=O)CCC2CCCCC2)c1C(=O)OC. The van der Waals surface area contributed by atoms with Gasteiger partial charge in [0.05, 0.1) is 12.7 Å². The largest absolute Gasteiger partial charge is 0.465 e. The van der Waals surface area contributed by atoms with Crippen LogP contribution < -0.4 is 5.32 Å². The summed E-state index contributed by atoms with van der Waals surface area (Å²) in [6.07, 6.45) is 8.65. The highest BCUT2D eigenvalue weighted by molar-refractivity contribution is 7.16. The molecule has 0 aliphatic heterocycles. The number of aryl methyl sites for hydroxylation is 1. The minimum absolute atomic E-state index is 0.00429. The average molecular weight is 337 g/mol. The number of hydrogen-bond donors (Lipinski definition) is 1. The number of thiophene rings is 1. The number of carbonyl (C=O) groups is 2. The van der Waals surface area contributed by atoms with Gasteiger partial charge >= 0.3 is 5.97 Å². The molecule has 128 valence electrons. The molecule has 1 fully saturated rings. The first-order chi connectivity index (χ1) is 11.1. The lowest BCUT2D eigenvalue weighted by molar-refractivity contribution is -0.116. The highest BCUT2D eigenvalue weighted by atomic mass is 32.1. The van der Waals surface area contributed by atoms with Crippen molar-refractivity contribution in [2.75, 3.05) is 12.4 Å². The van der Waals surface area contributed by atoms with E-state index >= 15 is 0 Å². The molecule has 0 spiro atoms. The Morgan fingerprint density at radius 2 is 1.96 bits per heavy atom. The molecule has 1 aliphatic rings. The van der Waals surface area contributed by atoms with Crippen LogP contribution in [0.25, 0.3) is 0 Å². The second-order valence-corrected chi connectivity index (χ2v) is 7.50. The molecule has 0 atom stereocenters. The van der Waals surface area contributed by atoms with Crippen LogP contribution in [0.2, 0.25) is 0 Å². The van der Waals surface area contributed by atoms with E-state index in [1.807, 2.05) is 13.8 Å². The van der Waals surface area contributed by atoms with Gasteiger partial charge in [0.2, 0.25) is 5.91 Å². The molecule has 1 aromatic heterocycles. The van der Waals surface area contributed by atoms with Crippen LogP contribution in [0.4, 0.5) is 5.00 Å². The molecule has 1 N–H and O–H groups in total. The molecule has 0 bridgehead atoms. The summed E-state index contributed by atoms with van der Waals surface area (Å²) in [6.45, 7) is 3.99. The van der Waals surface area contributed by atoms with Crippen molar-refractivity contribution in [1.82, 2.24) is 0 Å². The van der Waals surface area contributed by atoms with Crippen molar-refractivity contribution in [1.29, 1.82) is 0 Å². The van der Waals surface area contributed by atoms with Gasteiger partial charge in [0.15, 0.2) is 0 Å². The summed E-state index contributed by atoms with van der Waals surface area (Å²) in [5, 5.41) is 3.58. The molecule has 0 radical (unpaired) electrons. The Balaban J connectivity index is 2.01. The number of amides is 1. The summed E-state index contributed by atoms with van der Waals surface area (Å²) in [7, 11) is 1.38. The van der Waals surface area contributed by atoms with Crippen LogP contribution in [0.5, 0.6) is 0 Å². The van der Waals surface area contributed by atoms with Gasteiger partial charge < -0.3 is 10.1 Å². The third-order valence-corrected chi connectivity index (χ3v) is 5.77. The van der Waals surface area contributed by atoms with Gasteiger partial charge in [-0.05, 0) is 31.2 Å². The monoisotopic (exact) mass is 337 g/mol. The van der Waals surface area contributed by atoms with E-state index < -0.39 is 0 Å². The Morgan fingerprint density at radius 3 is 2.57 bits per heavy atom. The summed E-state index contributed by atoms with van der Waals surface area (Å²) >= 11 is 1.47. The summed E-state index contributed by atoms with van der Waals surface area (Å²) in [5.74, 6) is 0.323. The normalized spacial score (nSPS) is 15.4. The first-order valence-electron chi connectivity index (χ1n) is 8.57. The predicted octanol–water partition coefficient (Wildman–Crippen LogP) is 4.70. The molecule has 1 heterocycles. The van der Waals surface area contributed by atoms with Crippen LogP contribution in [0.1, 0.15) is 72.7 Å². The summed E-state index contributed by atoms with van der Waals surface area (Å²) in [6, 6.07) is 0. The average Bonchev–Trinajstić information content (AvgIpc) is 2.88. The zero-order valence-corrected chi connectivity index (χ0v) is 15.2. The van der Waals surface area contributed by atoms with Gasteiger partial charge in [0, 0.05) is 11.3 Å². The van der Waals surface area contributed by atoms with Crippen LogP contribution in [0.3, 0.4) is 0 Å². The fourth-order valence-corrected chi connectivity index (χ4v) is 4.56. The van der Waals surface area contributed by atoms with Gasteiger partial charge in [0.25, 0.3) is 0 Å². The molecule has 1 saturated carbocycles. The predicted molar refractivity (Wildman–Crippen MR) is 94.2 cm³/mol. The molecule has 2 rings (SSSR count). The van der Waals surface area contributed by atoms with Crippen molar-refractivity contribution < 1.29 is 14.3 Å². The number of nitrogens with one attached hydrogen (secondary N) is 1. The molecule has 0 saturated heterocycles. The van der Waals surface area contributed by atoms with Crippen LogP contribution in [0, 0.1) is 12.8 Å². The minimum atomic E-state index is -0.367. The number of esters is 1. The van der Waals surface area contributed by atoms with Crippen LogP contribution in [-0.4, -0.2) is 19.0 Å².